The molecule has 1 saturated heterocycles. The van der Waals surface area contributed by atoms with E-state index in [1.807, 2.05) is 0 Å². The Bertz CT molecular complexity index is 912. The fourth-order valence-corrected chi connectivity index (χ4v) is 7.31. The molecule has 5 atom stereocenters. The van der Waals surface area contributed by atoms with Crippen LogP contribution in [0.3, 0.4) is 0 Å². The number of aliphatic hydroxyl groups is 1. The van der Waals surface area contributed by atoms with Crippen LogP contribution in [-0.4, -0.2) is 86.6 Å². The molecule has 0 aromatic carbocycles. The summed E-state index contributed by atoms with van der Waals surface area (Å²) in [6.45, 7) is 33.4. The number of rotatable bonds is 10. The van der Waals surface area contributed by atoms with Gasteiger partial charge in [-0.2, -0.15) is 0 Å². The summed E-state index contributed by atoms with van der Waals surface area (Å²) < 4.78 is 38.2. The zero-order valence-electron chi connectivity index (χ0n) is 27.9. The second-order valence-corrected chi connectivity index (χ2v) is 30.3. The van der Waals surface area contributed by atoms with Gasteiger partial charge in [0.25, 0.3) is 0 Å². The van der Waals surface area contributed by atoms with Gasteiger partial charge in [-0.1, -0.05) is 62.3 Å². The number of carbonyl (C=O) groups is 1. The lowest BCUT2D eigenvalue weighted by Crippen LogP contribution is -2.66. The molecule has 2 heterocycles. The highest BCUT2D eigenvalue weighted by molar-refractivity contribution is 6.75. The highest BCUT2D eigenvalue weighted by atomic mass is 28.4. The first kappa shape index (κ1) is 35.8. The number of hydrogen-bond acceptors (Lipinski definition) is 8. The van der Waals surface area contributed by atoms with E-state index in [2.05, 4.69) is 102 Å². The van der Waals surface area contributed by atoms with Gasteiger partial charge in [0.05, 0.1) is 18.8 Å². The molecule has 8 nitrogen and oxygen atoms in total. The van der Waals surface area contributed by atoms with E-state index in [0.717, 1.165) is 0 Å². The highest BCUT2D eigenvalue weighted by Gasteiger charge is 2.54. The Kier molecular flexibility index (Phi) is 11.0. The average molecular weight is 619 g/mol. The van der Waals surface area contributed by atoms with Gasteiger partial charge >= 0.3 is 5.97 Å². The molecule has 234 valence electrons. The summed E-state index contributed by atoms with van der Waals surface area (Å²) in [5.74, 6) is -0.406. The third-order valence-corrected chi connectivity index (χ3v) is 23.2. The van der Waals surface area contributed by atoms with Crippen LogP contribution in [0.1, 0.15) is 62.3 Å². The Hall–Kier alpha value is -0.379. The largest absolute Gasteiger partial charge is 0.458 e. The molecule has 0 spiro atoms. The Morgan fingerprint density at radius 1 is 0.825 bits per heavy atom. The predicted molar refractivity (Wildman–Crippen MR) is 167 cm³/mol. The van der Waals surface area contributed by atoms with Gasteiger partial charge in [-0.05, 0) is 60.5 Å². The highest BCUT2D eigenvalue weighted by Crippen LogP contribution is 2.44. The number of ether oxygens (including phenoxy) is 3. The maximum atomic E-state index is 12.0. The molecule has 0 aromatic heterocycles. The molecule has 0 bridgehead atoms. The Morgan fingerprint density at radius 2 is 1.30 bits per heavy atom. The van der Waals surface area contributed by atoms with Gasteiger partial charge in [-0.15, -0.1) is 0 Å². The normalized spacial score (nSPS) is 27.6. The minimum atomic E-state index is -2.36. The van der Waals surface area contributed by atoms with Gasteiger partial charge < -0.3 is 32.6 Å². The van der Waals surface area contributed by atoms with Crippen LogP contribution in [0.4, 0.5) is 0 Å². The summed E-state index contributed by atoms with van der Waals surface area (Å²) in [6, 6.07) is 0. The Labute approximate surface area is 246 Å². The van der Waals surface area contributed by atoms with Crippen molar-refractivity contribution in [3.63, 3.8) is 0 Å². The van der Waals surface area contributed by atoms with Crippen molar-refractivity contribution in [3.8, 4) is 0 Å². The fourth-order valence-electron chi connectivity index (χ4n) is 3.67. The number of cyclic esters (lactones) is 1. The van der Waals surface area contributed by atoms with Gasteiger partial charge in [0, 0.05) is 0 Å². The van der Waals surface area contributed by atoms with Crippen LogP contribution >= 0.6 is 0 Å². The molecule has 2 aliphatic heterocycles. The van der Waals surface area contributed by atoms with Gasteiger partial charge in [0.1, 0.15) is 31.0 Å². The van der Waals surface area contributed by atoms with E-state index in [4.69, 9.17) is 27.5 Å². The van der Waals surface area contributed by atoms with Gasteiger partial charge in [0.2, 0.25) is 0 Å². The molecule has 0 amide bonds. The number of esters is 1. The molecule has 2 rings (SSSR count). The molecule has 40 heavy (non-hydrogen) atoms. The first-order valence-electron chi connectivity index (χ1n) is 14.6. The second-order valence-electron chi connectivity index (χ2n) is 15.9. The summed E-state index contributed by atoms with van der Waals surface area (Å²) in [4.78, 5) is 12.0. The first-order valence-corrected chi connectivity index (χ1v) is 23.3. The number of hydrogen-bond donors (Lipinski definition) is 1. The van der Waals surface area contributed by atoms with Gasteiger partial charge in [0.15, 0.2) is 31.2 Å². The summed E-state index contributed by atoms with van der Waals surface area (Å²) >= 11 is 0. The van der Waals surface area contributed by atoms with Crippen LogP contribution in [-0.2, 0) is 32.3 Å². The van der Waals surface area contributed by atoms with Crippen LogP contribution in [0.15, 0.2) is 11.6 Å². The van der Waals surface area contributed by atoms with Gasteiger partial charge in [-0.25, -0.2) is 4.79 Å². The molecular weight excluding hydrogens is 561 g/mol. The van der Waals surface area contributed by atoms with Gasteiger partial charge in [-0.3, -0.25) is 0 Å². The Balaban J connectivity index is 2.52. The summed E-state index contributed by atoms with van der Waals surface area (Å²) in [5.41, 5.74) is 0.423. The van der Waals surface area contributed by atoms with Crippen molar-refractivity contribution in [1.82, 2.24) is 0 Å². The molecule has 0 aromatic rings. The lowest BCUT2D eigenvalue weighted by Gasteiger charge is -2.52. The molecule has 0 unspecified atom stereocenters. The van der Waals surface area contributed by atoms with Crippen molar-refractivity contribution < 1.29 is 37.4 Å². The van der Waals surface area contributed by atoms with Crippen molar-refractivity contribution in [1.29, 1.82) is 0 Å². The van der Waals surface area contributed by atoms with E-state index in [0.29, 0.717) is 12.2 Å². The lowest BCUT2D eigenvalue weighted by molar-refractivity contribution is -0.293. The van der Waals surface area contributed by atoms with Crippen molar-refractivity contribution in [2.75, 3.05) is 19.8 Å². The topological polar surface area (TPSA) is 92.7 Å². The summed E-state index contributed by atoms with van der Waals surface area (Å²) in [5, 5.41) is 11.6. The van der Waals surface area contributed by atoms with Crippen LogP contribution in [0.5, 0.6) is 0 Å². The van der Waals surface area contributed by atoms with E-state index >= 15 is 0 Å². The zero-order valence-corrected chi connectivity index (χ0v) is 30.9. The lowest BCUT2D eigenvalue weighted by atomic mass is 9.99. The van der Waals surface area contributed by atoms with Crippen LogP contribution in [0, 0.1) is 0 Å². The molecule has 1 fully saturated rings. The molecule has 0 aliphatic carbocycles. The number of aliphatic hydroxyl groups excluding tert-OH is 1. The SMILES string of the molecule is CC(C)(C)[Si](C)(C)OC[C@H]1O[C@@H](OCC2=CCOC2=O)[C@H](O)[C@@H](O[Si](C)(C)C(C)(C)C)[C@@H]1O[Si](C)(C)C(C)(C)C. The second kappa shape index (κ2) is 12.3. The van der Waals surface area contributed by atoms with Crippen LogP contribution in [0.25, 0.3) is 0 Å². The average Bonchev–Trinajstić information content (AvgIpc) is 3.17. The molecule has 11 heteroatoms. The third kappa shape index (κ3) is 8.37. The maximum absolute atomic E-state index is 12.0. The standard InChI is InChI=1S/C29H58O8Si3/c1-27(2,3)38(10,11)34-19-21-23(36-39(12,13)28(4,5)6)24(37-40(14,15)29(7,8)9)22(30)26(35-21)33-18-20-16-17-32-25(20)31/h16,21-24,26,30H,17-19H2,1-15H3/t21-,22-,23-,24-,26-/m1/s1. The minimum Gasteiger partial charge on any atom is -0.458 e. The van der Waals surface area contributed by atoms with E-state index in [9.17, 15) is 9.90 Å². The quantitative estimate of drug-likeness (QED) is 0.223. The van der Waals surface area contributed by atoms with Crippen molar-refractivity contribution in [3.05, 3.63) is 11.6 Å². The third-order valence-electron chi connectivity index (χ3n) is 9.71. The minimum absolute atomic E-state index is 0.0131. The smallest absolute Gasteiger partial charge is 0.336 e. The summed E-state index contributed by atoms with van der Waals surface area (Å²) in [7, 11) is -6.81. The van der Waals surface area contributed by atoms with E-state index in [-0.39, 0.29) is 28.3 Å². The molecule has 1 N–H and O–H groups in total. The fraction of sp³-hybridized carbons (Fsp3) is 0.897. The van der Waals surface area contributed by atoms with E-state index < -0.39 is 61.6 Å². The predicted octanol–water partition coefficient (Wildman–Crippen LogP) is 6.37. The summed E-state index contributed by atoms with van der Waals surface area (Å²) in [6.07, 6.45) is -2.21. The molecule has 0 radical (unpaired) electrons. The Morgan fingerprint density at radius 3 is 1.73 bits per heavy atom. The van der Waals surface area contributed by atoms with Crippen molar-refractivity contribution in [2.24, 2.45) is 0 Å². The van der Waals surface area contributed by atoms with E-state index in [1.54, 1.807) is 6.08 Å². The number of carbonyl (C=O) groups excluding carboxylic acids is 1. The van der Waals surface area contributed by atoms with Crippen molar-refractivity contribution >= 4 is 30.9 Å². The first-order chi connectivity index (χ1) is 17.8. The van der Waals surface area contributed by atoms with Crippen LogP contribution in [0.2, 0.25) is 54.4 Å². The van der Waals surface area contributed by atoms with E-state index in [1.165, 1.54) is 0 Å². The van der Waals surface area contributed by atoms with Crippen LogP contribution < -0.4 is 0 Å². The zero-order chi connectivity index (χ0) is 31.1. The molecule has 0 saturated carbocycles. The molecular formula is C29H58O8Si3. The molecule has 2 aliphatic rings. The maximum Gasteiger partial charge on any atom is 0.336 e. The van der Waals surface area contributed by atoms with Crippen molar-refractivity contribution in [2.45, 2.75) is 147 Å². The monoisotopic (exact) mass is 618 g/mol.